The van der Waals surface area contributed by atoms with E-state index in [0.717, 1.165) is 0 Å². The third-order valence-electron chi connectivity index (χ3n) is 2.59. The molecule has 0 saturated heterocycles. The first-order chi connectivity index (χ1) is 5.06. The molecule has 0 aromatic heterocycles. The predicted octanol–water partition coefficient (Wildman–Crippen LogP) is 3.70. The van der Waals surface area contributed by atoms with Gasteiger partial charge in [-0.1, -0.05) is 44.1 Å². The molecular weight excluding hydrogens is 132 g/mol. The summed E-state index contributed by atoms with van der Waals surface area (Å²) in [6.45, 7) is 9.08. The summed E-state index contributed by atoms with van der Waals surface area (Å²) >= 11 is 0. The van der Waals surface area contributed by atoms with E-state index in [2.05, 4.69) is 39.8 Å². The van der Waals surface area contributed by atoms with Crippen LogP contribution in [-0.4, -0.2) is 0 Å². The molecule has 0 aromatic rings. The molecule has 0 radical (unpaired) electrons. The summed E-state index contributed by atoms with van der Waals surface area (Å²) in [5.41, 5.74) is 3.44. The SMILES string of the molecule is CCC1=CC(C)=CCC1(C)C. The van der Waals surface area contributed by atoms with Crippen LogP contribution in [0.5, 0.6) is 0 Å². The lowest BCUT2D eigenvalue weighted by Gasteiger charge is -2.29. The van der Waals surface area contributed by atoms with Crippen molar-refractivity contribution in [3.05, 3.63) is 23.3 Å². The molecule has 1 aliphatic carbocycles. The van der Waals surface area contributed by atoms with E-state index in [9.17, 15) is 0 Å². The van der Waals surface area contributed by atoms with E-state index in [-0.39, 0.29) is 0 Å². The minimum Gasteiger partial charge on any atom is -0.0807 e. The molecule has 0 bridgehead atoms. The zero-order chi connectivity index (χ0) is 8.48. The molecule has 0 aliphatic heterocycles. The van der Waals surface area contributed by atoms with Crippen LogP contribution >= 0.6 is 0 Å². The van der Waals surface area contributed by atoms with Crippen LogP contribution in [-0.2, 0) is 0 Å². The van der Waals surface area contributed by atoms with Crippen LogP contribution in [0.15, 0.2) is 23.3 Å². The van der Waals surface area contributed by atoms with Crippen LogP contribution in [0.1, 0.15) is 40.5 Å². The Morgan fingerprint density at radius 3 is 2.55 bits per heavy atom. The highest BCUT2D eigenvalue weighted by Gasteiger charge is 2.22. The predicted molar refractivity (Wildman–Crippen MR) is 50.5 cm³/mol. The van der Waals surface area contributed by atoms with E-state index in [1.54, 1.807) is 5.57 Å². The number of hydrogen-bond donors (Lipinski definition) is 0. The summed E-state index contributed by atoms with van der Waals surface area (Å²) in [7, 11) is 0. The van der Waals surface area contributed by atoms with E-state index in [1.165, 1.54) is 18.4 Å². The van der Waals surface area contributed by atoms with Gasteiger partial charge in [-0.3, -0.25) is 0 Å². The van der Waals surface area contributed by atoms with E-state index in [0.29, 0.717) is 5.41 Å². The molecule has 0 spiro atoms. The largest absolute Gasteiger partial charge is 0.0807 e. The topological polar surface area (TPSA) is 0 Å². The Bertz CT molecular complexity index is 204. The molecule has 1 rings (SSSR count). The second-order valence-electron chi connectivity index (χ2n) is 4.06. The summed E-state index contributed by atoms with van der Waals surface area (Å²) in [6.07, 6.45) is 7.07. The smallest absolute Gasteiger partial charge is 0.0107 e. The summed E-state index contributed by atoms with van der Waals surface area (Å²) < 4.78 is 0. The highest BCUT2D eigenvalue weighted by molar-refractivity contribution is 5.30. The molecule has 0 nitrogen and oxygen atoms in total. The maximum atomic E-state index is 2.34. The summed E-state index contributed by atoms with van der Waals surface area (Å²) in [6, 6.07) is 0. The first kappa shape index (κ1) is 8.58. The molecule has 11 heavy (non-hydrogen) atoms. The maximum Gasteiger partial charge on any atom is -0.0107 e. The van der Waals surface area contributed by atoms with E-state index in [1.807, 2.05) is 0 Å². The lowest BCUT2D eigenvalue weighted by Crippen LogP contribution is -2.16. The van der Waals surface area contributed by atoms with Crippen molar-refractivity contribution in [3.8, 4) is 0 Å². The Hall–Kier alpha value is -0.520. The second kappa shape index (κ2) is 2.84. The van der Waals surface area contributed by atoms with Crippen molar-refractivity contribution in [1.82, 2.24) is 0 Å². The van der Waals surface area contributed by atoms with Crippen LogP contribution in [0.4, 0.5) is 0 Å². The van der Waals surface area contributed by atoms with Crippen molar-refractivity contribution in [2.75, 3.05) is 0 Å². The molecule has 0 heteroatoms. The van der Waals surface area contributed by atoms with E-state index < -0.39 is 0 Å². The van der Waals surface area contributed by atoms with Crippen molar-refractivity contribution in [1.29, 1.82) is 0 Å². The molecule has 0 fully saturated rings. The van der Waals surface area contributed by atoms with Gasteiger partial charge in [0.1, 0.15) is 0 Å². The molecular formula is C11H18. The first-order valence-corrected chi connectivity index (χ1v) is 4.44. The Balaban J connectivity index is 2.89. The fourth-order valence-corrected chi connectivity index (χ4v) is 1.66. The maximum absolute atomic E-state index is 2.34. The monoisotopic (exact) mass is 150 g/mol. The van der Waals surface area contributed by atoms with Gasteiger partial charge in [0.2, 0.25) is 0 Å². The summed E-state index contributed by atoms with van der Waals surface area (Å²) in [5, 5.41) is 0. The highest BCUT2D eigenvalue weighted by atomic mass is 14.3. The second-order valence-corrected chi connectivity index (χ2v) is 4.06. The highest BCUT2D eigenvalue weighted by Crippen LogP contribution is 2.36. The van der Waals surface area contributed by atoms with Crippen molar-refractivity contribution >= 4 is 0 Å². The summed E-state index contributed by atoms with van der Waals surface area (Å²) in [5.74, 6) is 0. The molecule has 0 amide bonds. The van der Waals surface area contributed by atoms with Gasteiger partial charge in [0.25, 0.3) is 0 Å². The van der Waals surface area contributed by atoms with Gasteiger partial charge in [-0.25, -0.2) is 0 Å². The molecule has 0 atom stereocenters. The van der Waals surface area contributed by atoms with Gasteiger partial charge in [-0.05, 0) is 25.2 Å². The van der Waals surface area contributed by atoms with Crippen molar-refractivity contribution in [2.45, 2.75) is 40.5 Å². The van der Waals surface area contributed by atoms with E-state index in [4.69, 9.17) is 0 Å². The molecule has 0 aromatic carbocycles. The molecule has 1 aliphatic rings. The van der Waals surface area contributed by atoms with Gasteiger partial charge < -0.3 is 0 Å². The number of rotatable bonds is 1. The van der Waals surface area contributed by atoms with Gasteiger partial charge in [-0.15, -0.1) is 0 Å². The molecule has 0 heterocycles. The molecule has 62 valence electrons. The molecule has 0 N–H and O–H groups in total. The van der Waals surface area contributed by atoms with Gasteiger partial charge >= 0.3 is 0 Å². The lowest BCUT2D eigenvalue weighted by atomic mass is 9.76. The Morgan fingerprint density at radius 1 is 1.45 bits per heavy atom. The first-order valence-electron chi connectivity index (χ1n) is 4.44. The van der Waals surface area contributed by atoms with Crippen molar-refractivity contribution < 1.29 is 0 Å². The third-order valence-corrected chi connectivity index (χ3v) is 2.59. The summed E-state index contributed by atoms with van der Waals surface area (Å²) in [4.78, 5) is 0. The normalized spacial score (nSPS) is 22.5. The lowest BCUT2D eigenvalue weighted by molar-refractivity contribution is 0.433. The molecule has 0 saturated carbocycles. The minimum atomic E-state index is 0.411. The fourth-order valence-electron chi connectivity index (χ4n) is 1.66. The van der Waals surface area contributed by atoms with Gasteiger partial charge in [0.15, 0.2) is 0 Å². The van der Waals surface area contributed by atoms with Crippen LogP contribution in [0.3, 0.4) is 0 Å². The Morgan fingerprint density at radius 2 is 2.09 bits per heavy atom. The quantitative estimate of drug-likeness (QED) is 0.534. The van der Waals surface area contributed by atoms with Crippen molar-refractivity contribution in [3.63, 3.8) is 0 Å². The molecule has 0 unspecified atom stereocenters. The standard InChI is InChI=1S/C11H18/c1-5-10-8-9(2)6-7-11(10,3)4/h6,8H,5,7H2,1-4H3. The van der Waals surface area contributed by atoms with Crippen molar-refractivity contribution in [2.24, 2.45) is 5.41 Å². The van der Waals surface area contributed by atoms with Crippen LogP contribution in [0, 0.1) is 5.41 Å². The number of hydrogen-bond acceptors (Lipinski definition) is 0. The Kier molecular flexibility index (Phi) is 2.22. The minimum absolute atomic E-state index is 0.411. The zero-order valence-corrected chi connectivity index (χ0v) is 8.07. The van der Waals surface area contributed by atoms with Gasteiger partial charge in [0.05, 0.1) is 0 Å². The fraction of sp³-hybridized carbons (Fsp3) is 0.636. The van der Waals surface area contributed by atoms with Crippen LogP contribution < -0.4 is 0 Å². The van der Waals surface area contributed by atoms with Gasteiger partial charge in [-0.2, -0.15) is 0 Å². The number of allylic oxidation sites excluding steroid dienone is 4. The third kappa shape index (κ3) is 1.74. The Labute approximate surface area is 70.0 Å². The average Bonchev–Trinajstić information content (AvgIpc) is 1.94. The zero-order valence-electron chi connectivity index (χ0n) is 8.07. The van der Waals surface area contributed by atoms with E-state index >= 15 is 0 Å². The average molecular weight is 150 g/mol. The van der Waals surface area contributed by atoms with Crippen LogP contribution in [0.2, 0.25) is 0 Å². The van der Waals surface area contributed by atoms with Crippen LogP contribution in [0.25, 0.3) is 0 Å². The van der Waals surface area contributed by atoms with Gasteiger partial charge in [0, 0.05) is 0 Å².